The Balaban J connectivity index is 2.15. The van der Waals surface area contributed by atoms with E-state index in [1.54, 1.807) is 0 Å². The van der Waals surface area contributed by atoms with Crippen LogP contribution in [0.3, 0.4) is 0 Å². The highest BCUT2D eigenvalue weighted by atomic mass is 16.5. The van der Waals surface area contributed by atoms with Gasteiger partial charge in [0, 0.05) is 6.04 Å². The normalized spacial score (nSPS) is 17.2. The maximum absolute atomic E-state index is 12.1. The van der Waals surface area contributed by atoms with Gasteiger partial charge in [-0.05, 0) is 57.2 Å². The van der Waals surface area contributed by atoms with E-state index in [-0.39, 0.29) is 12.6 Å². The minimum Gasteiger partial charge on any atom is -0.490 e. The number of esters is 1. The first kappa shape index (κ1) is 15.8. The number of aryl methyl sites for hydroxylation is 2. The van der Waals surface area contributed by atoms with Gasteiger partial charge in [0.1, 0.15) is 17.9 Å². The number of ether oxygens (including phenoxy) is 2. The predicted molar refractivity (Wildman–Crippen MR) is 82.7 cm³/mol. The number of hydrogen-bond acceptors (Lipinski definition) is 4. The van der Waals surface area contributed by atoms with Crippen LogP contribution in [0, 0.1) is 20.8 Å². The van der Waals surface area contributed by atoms with Gasteiger partial charge in [0.2, 0.25) is 0 Å². The maximum Gasteiger partial charge on any atom is 0.329 e. The monoisotopic (exact) mass is 291 g/mol. The van der Waals surface area contributed by atoms with Crippen LogP contribution in [0.2, 0.25) is 0 Å². The van der Waals surface area contributed by atoms with Crippen molar-refractivity contribution in [2.45, 2.75) is 52.1 Å². The Morgan fingerprint density at radius 1 is 1.29 bits per heavy atom. The molecular formula is C17H25NO3. The molecule has 2 rings (SSSR count). The number of carbonyl (C=O) groups excluding carboxylic acids is 1. The molecule has 0 heterocycles. The SMILES string of the molecule is COC(=O)C(C)(COc1c(C)ccc(C)c1C)NC1CC1. The third kappa shape index (κ3) is 3.56. The lowest BCUT2D eigenvalue weighted by atomic mass is 10.0. The van der Waals surface area contributed by atoms with Gasteiger partial charge in [-0.1, -0.05) is 12.1 Å². The number of hydrogen-bond donors (Lipinski definition) is 1. The summed E-state index contributed by atoms with van der Waals surface area (Å²) in [6, 6.07) is 4.53. The van der Waals surface area contributed by atoms with Gasteiger partial charge in [0.05, 0.1) is 7.11 Å². The number of rotatable bonds is 6. The van der Waals surface area contributed by atoms with Crippen LogP contribution in [0.15, 0.2) is 12.1 Å². The van der Waals surface area contributed by atoms with Crippen molar-refractivity contribution in [1.29, 1.82) is 0 Å². The molecule has 21 heavy (non-hydrogen) atoms. The second-order valence-corrected chi connectivity index (χ2v) is 6.18. The number of methoxy groups -OCH3 is 1. The molecule has 1 fully saturated rings. The van der Waals surface area contributed by atoms with E-state index in [0.29, 0.717) is 6.04 Å². The molecule has 0 amide bonds. The fourth-order valence-electron chi connectivity index (χ4n) is 2.43. The van der Waals surface area contributed by atoms with Crippen LogP contribution >= 0.6 is 0 Å². The first-order valence-corrected chi connectivity index (χ1v) is 7.43. The van der Waals surface area contributed by atoms with Crippen LogP contribution in [0.5, 0.6) is 5.75 Å². The first-order valence-electron chi connectivity index (χ1n) is 7.43. The highest BCUT2D eigenvalue weighted by Crippen LogP contribution is 2.28. The van der Waals surface area contributed by atoms with E-state index in [2.05, 4.69) is 18.3 Å². The molecule has 0 bridgehead atoms. The molecule has 1 aromatic rings. The second-order valence-electron chi connectivity index (χ2n) is 6.18. The Morgan fingerprint density at radius 2 is 1.90 bits per heavy atom. The van der Waals surface area contributed by atoms with Crippen molar-refractivity contribution < 1.29 is 14.3 Å². The zero-order chi connectivity index (χ0) is 15.6. The van der Waals surface area contributed by atoms with Gasteiger partial charge in [0.25, 0.3) is 0 Å². The van der Waals surface area contributed by atoms with Gasteiger partial charge >= 0.3 is 5.97 Å². The molecule has 1 aromatic carbocycles. The summed E-state index contributed by atoms with van der Waals surface area (Å²) in [6.07, 6.45) is 2.21. The van der Waals surface area contributed by atoms with E-state index in [9.17, 15) is 4.79 Å². The van der Waals surface area contributed by atoms with E-state index < -0.39 is 5.54 Å². The Bertz CT molecular complexity index is 537. The highest BCUT2D eigenvalue weighted by molar-refractivity contribution is 5.80. The molecule has 0 saturated heterocycles. The summed E-state index contributed by atoms with van der Waals surface area (Å²) in [5, 5.41) is 3.34. The van der Waals surface area contributed by atoms with E-state index in [1.165, 1.54) is 12.7 Å². The molecule has 1 saturated carbocycles. The van der Waals surface area contributed by atoms with Crippen molar-refractivity contribution >= 4 is 5.97 Å². The van der Waals surface area contributed by atoms with Crippen LogP contribution < -0.4 is 10.1 Å². The molecule has 0 spiro atoms. The maximum atomic E-state index is 12.1. The van der Waals surface area contributed by atoms with Crippen LogP contribution in [-0.4, -0.2) is 31.3 Å². The van der Waals surface area contributed by atoms with E-state index in [0.717, 1.165) is 29.7 Å². The lowest BCUT2D eigenvalue weighted by Crippen LogP contribution is -2.55. The molecule has 1 N–H and O–H groups in total. The van der Waals surface area contributed by atoms with Crippen molar-refractivity contribution in [2.75, 3.05) is 13.7 Å². The smallest absolute Gasteiger partial charge is 0.329 e. The summed E-state index contributed by atoms with van der Waals surface area (Å²) in [6.45, 7) is 8.23. The Kier molecular flexibility index (Phi) is 4.57. The van der Waals surface area contributed by atoms with Crippen molar-refractivity contribution in [1.82, 2.24) is 5.32 Å². The molecule has 1 aliphatic carbocycles. The number of carbonyl (C=O) groups is 1. The summed E-state index contributed by atoms with van der Waals surface area (Å²) in [4.78, 5) is 12.1. The average Bonchev–Trinajstić information content (AvgIpc) is 3.26. The van der Waals surface area contributed by atoms with Crippen LogP contribution in [0.25, 0.3) is 0 Å². The highest BCUT2D eigenvalue weighted by Gasteiger charge is 2.40. The van der Waals surface area contributed by atoms with Gasteiger partial charge < -0.3 is 9.47 Å². The van der Waals surface area contributed by atoms with Gasteiger partial charge in [-0.2, -0.15) is 0 Å². The minimum atomic E-state index is -0.807. The molecule has 0 aliphatic heterocycles. The second kappa shape index (κ2) is 6.06. The van der Waals surface area contributed by atoms with Crippen molar-refractivity contribution in [3.63, 3.8) is 0 Å². The summed E-state index contributed by atoms with van der Waals surface area (Å²) in [5.41, 5.74) is 2.58. The van der Waals surface area contributed by atoms with Crippen LogP contribution in [0.4, 0.5) is 0 Å². The van der Waals surface area contributed by atoms with Crippen molar-refractivity contribution in [3.05, 3.63) is 28.8 Å². The lowest BCUT2D eigenvalue weighted by molar-refractivity contribution is -0.149. The standard InChI is InChI=1S/C17H25NO3/c1-11-6-7-12(2)15(13(11)3)21-10-17(4,16(19)20-5)18-14-8-9-14/h6-7,14,18H,8-10H2,1-5H3. The molecule has 4 nitrogen and oxygen atoms in total. The van der Waals surface area contributed by atoms with Crippen molar-refractivity contribution in [3.8, 4) is 5.75 Å². The molecule has 116 valence electrons. The zero-order valence-electron chi connectivity index (χ0n) is 13.6. The van der Waals surface area contributed by atoms with E-state index in [1.807, 2.05) is 26.8 Å². The quantitative estimate of drug-likeness (QED) is 0.819. The molecule has 1 aliphatic rings. The van der Waals surface area contributed by atoms with E-state index >= 15 is 0 Å². The Hall–Kier alpha value is -1.55. The number of nitrogens with one attached hydrogen (secondary N) is 1. The van der Waals surface area contributed by atoms with Gasteiger partial charge in [0.15, 0.2) is 0 Å². The Morgan fingerprint density at radius 3 is 2.48 bits per heavy atom. The van der Waals surface area contributed by atoms with Gasteiger partial charge in [-0.3, -0.25) is 5.32 Å². The van der Waals surface area contributed by atoms with Crippen LogP contribution in [0.1, 0.15) is 36.5 Å². The van der Waals surface area contributed by atoms with Crippen LogP contribution in [-0.2, 0) is 9.53 Å². The first-order chi connectivity index (χ1) is 9.87. The fourth-order valence-corrected chi connectivity index (χ4v) is 2.43. The third-order valence-electron chi connectivity index (χ3n) is 4.11. The molecule has 0 radical (unpaired) electrons. The average molecular weight is 291 g/mol. The fraction of sp³-hybridized carbons (Fsp3) is 0.588. The number of benzene rings is 1. The van der Waals surface area contributed by atoms with E-state index in [4.69, 9.17) is 9.47 Å². The largest absolute Gasteiger partial charge is 0.490 e. The van der Waals surface area contributed by atoms with Gasteiger partial charge in [-0.25, -0.2) is 4.79 Å². The summed E-state index contributed by atoms with van der Waals surface area (Å²) < 4.78 is 10.9. The lowest BCUT2D eigenvalue weighted by Gasteiger charge is -2.29. The minimum absolute atomic E-state index is 0.265. The predicted octanol–water partition coefficient (Wildman–Crippen LogP) is 2.67. The Labute approximate surface area is 126 Å². The molecule has 4 heteroatoms. The molecule has 1 atom stereocenters. The zero-order valence-corrected chi connectivity index (χ0v) is 13.6. The molecule has 1 unspecified atom stereocenters. The molecule has 0 aromatic heterocycles. The van der Waals surface area contributed by atoms with Gasteiger partial charge in [-0.15, -0.1) is 0 Å². The summed E-state index contributed by atoms with van der Waals surface area (Å²) in [7, 11) is 1.42. The third-order valence-corrected chi connectivity index (χ3v) is 4.11. The summed E-state index contributed by atoms with van der Waals surface area (Å²) in [5.74, 6) is 0.583. The topological polar surface area (TPSA) is 47.6 Å². The van der Waals surface area contributed by atoms with Crippen molar-refractivity contribution in [2.24, 2.45) is 0 Å². The molecular weight excluding hydrogens is 266 g/mol. The summed E-state index contributed by atoms with van der Waals surface area (Å²) >= 11 is 0.